The van der Waals surface area contributed by atoms with Crippen LogP contribution in [0.5, 0.6) is 0 Å². The van der Waals surface area contributed by atoms with Crippen molar-refractivity contribution in [2.45, 2.75) is 13.0 Å². The lowest BCUT2D eigenvalue weighted by Gasteiger charge is -2.35. The summed E-state index contributed by atoms with van der Waals surface area (Å²) in [5, 5.41) is 2.86. The second-order valence-corrected chi connectivity index (χ2v) is 6.23. The fourth-order valence-electron chi connectivity index (χ4n) is 2.77. The summed E-state index contributed by atoms with van der Waals surface area (Å²) in [6.07, 6.45) is 0. The quantitative estimate of drug-likeness (QED) is 0.735. The van der Waals surface area contributed by atoms with Gasteiger partial charge in [0.15, 0.2) is 6.61 Å². The first-order valence-corrected chi connectivity index (χ1v) is 8.46. The van der Waals surface area contributed by atoms with E-state index < -0.39 is 5.97 Å². The number of esters is 1. The maximum atomic E-state index is 11.9. The normalized spacial score (nSPS) is 16.1. The first kappa shape index (κ1) is 19.2. The molecule has 7 nitrogen and oxygen atoms in total. The van der Waals surface area contributed by atoms with E-state index in [2.05, 4.69) is 34.5 Å². The summed E-state index contributed by atoms with van der Waals surface area (Å²) >= 11 is 0. The Morgan fingerprint density at radius 3 is 2.44 bits per heavy atom. The third-order valence-electron chi connectivity index (χ3n) is 4.18. The Kier molecular flexibility index (Phi) is 7.21. The van der Waals surface area contributed by atoms with E-state index in [1.807, 2.05) is 19.0 Å². The van der Waals surface area contributed by atoms with Gasteiger partial charge in [-0.15, -0.1) is 0 Å². The Morgan fingerprint density at radius 2 is 1.88 bits per heavy atom. The van der Waals surface area contributed by atoms with Gasteiger partial charge in [0.1, 0.15) is 0 Å². The van der Waals surface area contributed by atoms with Crippen molar-refractivity contribution in [3.8, 4) is 0 Å². The van der Waals surface area contributed by atoms with Crippen molar-refractivity contribution in [3.63, 3.8) is 0 Å². The number of hydrogen-bond acceptors (Lipinski definition) is 6. The number of carbonyl (C=O) groups is 2. The zero-order valence-corrected chi connectivity index (χ0v) is 15.2. The van der Waals surface area contributed by atoms with Crippen molar-refractivity contribution in [2.24, 2.45) is 0 Å². The molecule has 1 aromatic rings. The van der Waals surface area contributed by atoms with Gasteiger partial charge in [-0.2, -0.15) is 0 Å². The van der Waals surface area contributed by atoms with Crippen molar-refractivity contribution < 1.29 is 19.1 Å². The summed E-state index contributed by atoms with van der Waals surface area (Å²) in [5.41, 5.74) is 2.27. The largest absolute Gasteiger partial charge is 0.456 e. The molecule has 0 bridgehead atoms. The van der Waals surface area contributed by atoms with Crippen LogP contribution in [0.15, 0.2) is 24.3 Å². The van der Waals surface area contributed by atoms with E-state index in [4.69, 9.17) is 9.47 Å². The number of morpholine rings is 1. The van der Waals surface area contributed by atoms with Crippen molar-refractivity contribution in [1.29, 1.82) is 0 Å². The van der Waals surface area contributed by atoms with Crippen LogP contribution < -0.4 is 10.2 Å². The minimum absolute atomic E-state index is 0.0568. The van der Waals surface area contributed by atoms with Crippen LogP contribution in [0.4, 0.5) is 5.69 Å². The van der Waals surface area contributed by atoms with Crippen LogP contribution in [0.3, 0.4) is 0 Å². The minimum atomic E-state index is -0.459. The van der Waals surface area contributed by atoms with Gasteiger partial charge in [-0.25, -0.2) is 0 Å². The summed E-state index contributed by atoms with van der Waals surface area (Å²) in [6, 6.07) is 8.38. The molecule has 25 heavy (non-hydrogen) atoms. The molecule has 1 N–H and O–H groups in total. The molecule has 2 rings (SSSR count). The van der Waals surface area contributed by atoms with Crippen LogP contribution in [-0.2, 0) is 19.1 Å². The van der Waals surface area contributed by atoms with E-state index in [0.29, 0.717) is 19.8 Å². The minimum Gasteiger partial charge on any atom is -0.456 e. The molecular formula is C18H27N3O4. The predicted octanol–water partition coefficient (Wildman–Crippen LogP) is 0.805. The van der Waals surface area contributed by atoms with Crippen molar-refractivity contribution in [3.05, 3.63) is 29.8 Å². The lowest BCUT2D eigenvalue weighted by atomic mass is 10.0. The molecule has 0 radical (unpaired) electrons. The molecule has 1 amide bonds. The fraction of sp³-hybridized carbons (Fsp3) is 0.556. The SMILES string of the molecule is CC(=O)OCC(=O)NC[C@@H](c1ccc(N(C)C)cc1)N1CCOCC1. The first-order chi connectivity index (χ1) is 12.0. The monoisotopic (exact) mass is 349 g/mol. The molecule has 0 aromatic heterocycles. The van der Waals surface area contributed by atoms with E-state index in [1.165, 1.54) is 6.92 Å². The number of carbonyl (C=O) groups excluding carboxylic acids is 2. The summed E-state index contributed by atoms with van der Waals surface area (Å²) in [6.45, 7) is 4.52. The van der Waals surface area contributed by atoms with E-state index in [1.54, 1.807) is 0 Å². The van der Waals surface area contributed by atoms with Gasteiger partial charge in [0.25, 0.3) is 5.91 Å². The Labute approximate surface area is 148 Å². The number of amides is 1. The van der Waals surface area contributed by atoms with Gasteiger partial charge < -0.3 is 19.7 Å². The third-order valence-corrected chi connectivity index (χ3v) is 4.18. The molecule has 7 heteroatoms. The standard InChI is InChI=1S/C18H27N3O4/c1-14(22)25-13-18(23)19-12-17(21-8-10-24-11-9-21)15-4-6-16(7-5-15)20(2)3/h4-7,17H,8-13H2,1-3H3,(H,19,23)/t17-/m0/s1. The second kappa shape index (κ2) is 9.39. The molecule has 1 fully saturated rings. The number of ether oxygens (including phenoxy) is 2. The summed E-state index contributed by atoms with van der Waals surface area (Å²) in [7, 11) is 4.01. The summed E-state index contributed by atoms with van der Waals surface area (Å²) in [5.74, 6) is -0.752. The van der Waals surface area contributed by atoms with E-state index in [-0.39, 0.29) is 18.6 Å². The highest BCUT2D eigenvalue weighted by atomic mass is 16.5. The maximum Gasteiger partial charge on any atom is 0.303 e. The highest BCUT2D eigenvalue weighted by Crippen LogP contribution is 2.23. The van der Waals surface area contributed by atoms with Crippen molar-refractivity contribution in [2.75, 3.05) is 58.5 Å². The lowest BCUT2D eigenvalue weighted by Crippen LogP contribution is -2.44. The molecule has 0 spiro atoms. The van der Waals surface area contributed by atoms with Crippen LogP contribution in [0.1, 0.15) is 18.5 Å². The van der Waals surface area contributed by atoms with Crippen LogP contribution in [0, 0.1) is 0 Å². The predicted molar refractivity (Wildman–Crippen MR) is 95.5 cm³/mol. The summed E-state index contributed by atoms with van der Waals surface area (Å²) in [4.78, 5) is 27.0. The van der Waals surface area contributed by atoms with Crippen LogP contribution >= 0.6 is 0 Å². The van der Waals surface area contributed by atoms with E-state index in [9.17, 15) is 9.59 Å². The molecular weight excluding hydrogens is 322 g/mol. The zero-order chi connectivity index (χ0) is 18.2. The smallest absolute Gasteiger partial charge is 0.303 e. The van der Waals surface area contributed by atoms with Crippen molar-refractivity contribution in [1.82, 2.24) is 10.2 Å². The molecule has 0 unspecified atom stereocenters. The van der Waals surface area contributed by atoms with Gasteiger partial charge in [0.05, 0.1) is 19.3 Å². The Balaban J connectivity index is 2.04. The van der Waals surface area contributed by atoms with Gasteiger partial charge in [-0.3, -0.25) is 14.5 Å². The number of hydrogen-bond donors (Lipinski definition) is 1. The molecule has 1 heterocycles. The average molecular weight is 349 g/mol. The zero-order valence-electron chi connectivity index (χ0n) is 15.2. The number of anilines is 1. The fourth-order valence-corrected chi connectivity index (χ4v) is 2.77. The molecule has 1 aliphatic heterocycles. The van der Waals surface area contributed by atoms with Gasteiger partial charge in [-0.05, 0) is 17.7 Å². The van der Waals surface area contributed by atoms with Gasteiger partial charge >= 0.3 is 5.97 Å². The average Bonchev–Trinajstić information content (AvgIpc) is 2.61. The maximum absolute atomic E-state index is 11.9. The highest BCUT2D eigenvalue weighted by Gasteiger charge is 2.23. The Hall–Kier alpha value is -2.12. The van der Waals surface area contributed by atoms with Gasteiger partial charge in [-0.1, -0.05) is 12.1 Å². The number of nitrogens with one attached hydrogen (secondary N) is 1. The number of benzene rings is 1. The molecule has 138 valence electrons. The Morgan fingerprint density at radius 1 is 1.24 bits per heavy atom. The second-order valence-electron chi connectivity index (χ2n) is 6.23. The summed E-state index contributed by atoms with van der Waals surface area (Å²) < 4.78 is 10.2. The van der Waals surface area contributed by atoms with Crippen LogP contribution in [-0.4, -0.2) is 70.3 Å². The molecule has 1 aliphatic rings. The van der Waals surface area contributed by atoms with Crippen LogP contribution in [0.25, 0.3) is 0 Å². The molecule has 1 atom stereocenters. The van der Waals surface area contributed by atoms with Gasteiger partial charge in [0.2, 0.25) is 0 Å². The van der Waals surface area contributed by atoms with E-state index >= 15 is 0 Å². The molecule has 1 saturated heterocycles. The van der Waals surface area contributed by atoms with Crippen molar-refractivity contribution >= 4 is 17.6 Å². The first-order valence-electron chi connectivity index (χ1n) is 8.46. The topological polar surface area (TPSA) is 71.1 Å². The molecule has 0 aliphatic carbocycles. The number of rotatable bonds is 7. The van der Waals surface area contributed by atoms with Gasteiger partial charge in [0, 0.05) is 46.3 Å². The Bertz CT molecular complexity index is 568. The third kappa shape index (κ3) is 6.03. The molecule has 0 saturated carbocycles. The number of nitrogens with zero attached hydrogens (tertiary/aromatic N) is 2. The highest BCUT2D eigenvalue weighted by molar-refractivity contribution is 5.79. The molecule has 1 aromatic carbocycles. The van der Waals surface area contributed by atoms with E-state index in [0.717, 1.165) is 24.3 Å². The lowest BCUT2D eigenvalue weighted by molar-refractivity contribution is -0.146. The van der Waals surface area contributed by atoms with Crippen LogP contribution in [0.2, 0.25) is 0 Å².